The average Bonchev–Trinajstić information content (AvgIpc) is 2.98. The minimum Gasteiger partial charge on any atom is -0.434 e. The minimum atomic E-state index is 0.505. The van der Waals surface area contributed by atoms with E-state index in [1.54, 1.807) is 12.3 Å². The standard InChI is InChI=1S/C18H12O2/c1-2-5-14-11-16-12-17(20-18-6-3-9-19-18)8-7-15(16)10-13(14)4-1/h1-12H. The fourth-order valence-corrected chi connectivity index (χ4v) is 2.42. The summed E-state index contributed by atoms with van der Waals surface area (Å²) in [5, 5.41) is 4.85. The summed E-state index contributed by atoms with van der Waals surface area (Å²) in [6.07, 6.45) is 1.60. The first-order valence-electron chi connectivity index (χ1n) is 6.52. The number of rotatable bonds is 2. The molecule has 0 saturated heterocycles. The molecule has 1 aromatic heterocycles. The van der Waals surface area contributed by atoms with Gasteiger partial charge in [-0.2, -0.15) is 0 Å². The maximum absolute atomic E-state index is 5.67. The molecule has 0 amide bonds. The fourth-order valence-electron chi connectivity index (χ4n) is 2.42. The van der Waals surface area contributed by atoms with Crippen LogP contribution in [0.3, 0.4) is 0 Å². The molecule has 0 fully saturated rings. The molecule has 0 atom stereocenters. The van der Waals surface area contributed by atoms with E-state index in [-0.39, 0.29) is 0 Å². The maximum Gasteiger partial charge on any atom is 0.289 e. The second-order valence-corrected chi connectivity index (χ2v) is 4.74. The summed E-state index contributed by atoms with van der Waals surface area (Å²) in [5.74, 6) is 1.29. The molecule has 20 heavy (non-hydrogen) atoms. The van der Waals surface area contributed by atoms with Gasteiger partial charge in [0.05, 0.1) is 6.26 Å². The Morgan fingerprint density at radius 2 is 1.40 bits per heavy atom. The van der Waals surface area contributed by atoms with E-state index in [1.807, 2.05) is 18.2 Å². The molecular formula is C18H12O2. The number of fused-ring (bicyclic) bond motifs is 2. The minimum absolute atomic E-state index is 0.505. The normalized spacial score (nSPS) is 11.0. The summed E-state index contributed by atoms with van der Waals surface area (Å²) in [6, 6.07) is 22.4. The summed E-state index contributed by atoms with van der Waals surface area (Å²) in [5.41, 5.74) is 0. The van der Waals surface area contributed by atoms with Gasteiger partial charge in [0.1, 0.15) is 5.75 Å². The van der Waals surface area contributed by atoms with Gasteiger partial charge >= 0.3 is 0 Å². The topological polar surface area (TPSA) is 22.4 Å². The molecule has 96 valence electrons. The lowest BCUT2D eigenvalue weighted by Crippen LogP contribution is -1.82. The molecule has 4 aromatic rings. The highest BCUT2D eigenvalue weighted by Crippen LogP contribution is 2.28. The summed E-state index contributed by atoms with van der Waals surface area (Å²) in [6.45, 7) is 0. The van der Waals surface area contributed by atoms with Gasteiger partial charge in [0.2, 0.25) is 0 Å². The number of benzene rings is 3. The first kappa shape index (κ1) is 11.1. The van der Waals surface area contributed by atoms with Crippen LogP contribution >= 0.6 is 0 Å². The third kappa shape index (κ3) is 1.91. The predicted octanol–water partition coefficient (Wildman–Crippen LogP) is 5.38. The van der Waals surface area contributed by atoms with Crippen molar-refractivity contribution in [1.82, 2.24) is 0 Å². The van der Waals surface area contributed by atoms with E-state index in [0.717, 1.165) is 11.1 Å². The smallest absolute Gasteiger partial charge is 0.289 e. The van der Waals surface area contributed by atoms with Crippen LogP contribution in [0.25, 0.3) is 21.5 Å². The van der Waals surface area contributed by atoms with Crippen LogP contribution in [0.4, 0.5) is 0 Å². The summed E-state index contributed by atoms with van der Waals surface area (Å²) in [7, 11) is 0. The number of hydrogen-bond acceptors (Lipinski definition) is 2. The number of hydrogen-bond donors (Lipinski definition) is 0. The van der Waals surface area contributed by atoms with Crippen molar-refractivity contribution in [1.29, 1.82) is 0 Å². The van der Waals surface area contributed by atoms with Crippen LogP contribution in [-0.2, 0) is 0 Å². The fraction of sp³-hybridized carbons (Fsp3) is 0. The van der Waals surface area contributed by atoms with Gasteiger partial charge in [-0.3, -0.25) is 0 Å². The quantitative estimate of drug-likeness (QED) is 0.451. The van der Waals surface area contributed by atoms with Gasteiger partial charge < -0.3 is 9.15 Å². The van der Waals surface area contributed by atoms with Gasteiger partial charge in [-0.15, -0.1) is 0 Å². The Kier molecular flexibility index (Phi) is 2.46. The molecule has 0 bridgehead atoms. The molecule has 0 radical (unpaired) electrons. The van der Waals surface area contributed by atoms with E-state index in [4.69, 9.17) is 9.15 Å². The van der Waals surface area contributed by atoms with Gasteiger partial charge in [-0.25, -0.2) is 0 Å². The molecule has 0 aliphatic heterocycles. The highest BCUT2D eigenvalue weighted by atomic mass is 16.6. The molecule has 0 aliphatic carbocycles. The van der Waals surface area contributed by atoms with Crippen LogP contribution < -0.4 is 4.74 Å². The molecule has 1 heterocycles. The van der Waals surface area contributed by atoms with Crippen molar-refractivity contribution in [2.45, 2.75) is 0 Å². The molecular weight excluding hydrogens is 248 g/mol. The van der Waals surface area contributed by atoms with Crippen molar-refractivity contribution in [3.8, 4) is 11.7 Å². The first-order valence-corrected chi connectivity index (χ1v) is 6.52. The van der Waals surface area contributed by atoms with E-state index in [1.165, 1.54) is 16.2 Å². The van der Waals surface area contributed by atoms with Gasteiger partial charge in [0.25, 0.3) is 5.95 Å². The average molecular weight is 260 g/mol. The Bertz CT molecular complexity index is 876. The van der Waals surface area contributed by atoms with Crippen LogP contribution in [0.5, 0.6) is 11.7 Å². The third-order valence-electron chi connectivity index (χ3n) is 3.39. The van der Waals surface area contributed by atoms with E-state index >= 15 is 0 Å². The molecule has 0 spiro atoms. The molecule has 0 N–H and O–H groups in total. The molecule has 3 aromatic carbocycles. The number of furan rings is 1. The van der Waals surface area contributed by atoms with Crippen LogP contribution in [0, 0.1) is 0 Å². The lowest BCUT2D eigenvalue weighted by atomic mass is 10.0. The second-order valence-electron chi connectivity index (χ2n) is 4.74. The third-order valence-corrected chi connectivity index (χ3v) is 3.39. The lowest BCUT2D eigenvalue weighted by molar-refractivity contribution is 0.347. The predicted molar refractivity (Wildman–Crippen MR) is 80.2 cm³/mol. The Morgan fingerprint density at radius 3 is 2.15 bits per heavy atom. The molecule has 0 unspecified atom stereocenters. The van der Waals surface area contributed by atoms with Gasteiger partial charge in [-0.1, -0.05) is 30.3 Å². The molecule has 4 rings (SSSR count). The van der Waals surface area contributed by atoms with E-state index in [9.17, 15) is 0 Å². The monoisotopic (exact) mass is 260 g/mol. The van der Waals surface area contributed by atoms with Crippen LogP contribution in [0.2, 0.25) is 0 Å². The Balaban J connectivity index is 1.83. The van der Waals surface area contributed by atoms with Crippen molar-refractivity contribution in [2.24, 2.45) is 0 Å². The van der Waals surface area contributed by atoms with Crippen molar-refractivity contribution in [3.63, 3.8) is 0 Å². The Labute approximate surface area is 116 Å². The Hall–Kier alpha value is -2.74. The molecule has 0 saturated carbocycles. The van der Waals surface area contributed by atoms with Crippen molar-refractivity contribution in [2.75, 3.05) is 0 Å². The molecule has 2 heteroatoms. The van der Waals surface area contributed by atoms with Crippen molar-refractivity contribution >= 4 is 21.5 Å². The zero-order valence-electron chi connectivity index (χ0n) is 10.7. The molecule has 2 nitrogen and oxygen atoms in total. The largest absolute Gasteiger partial charge is 0.434 e. The molecule has 0 aliphatic rings. The van der Waals surface area contributed by atoms with Crippen molar-refractivity contribution < 1.29 is 9.15 Å². The maximum atomic E-state index is 5.67. The highest BCUT2D eigenvalue weighted by molar-refractivity contribution is 5.98. The van der Waals surface area contributed by atoms with Gasteiger partial charge in [0, 0.05) is 6.07 Å². The van der Waals surface area contributed by atoms with Gasteiger partial charge in [0.15, 0.2) is 0 Å². The summed E-state index contributed by atoms with van der Waals surface area (Å²) < 4.78 is 10.9. The van der Waals surface area contributed by atoms with E-state index in [0.29, 0.717) is 5.95 Å². The zero-order chi connectivity index (χ0) is 13.4. The lowest BCUT2D eigenvalue weighted by Gasteiger charge is -2.05. The second kappa shape index (κ2) is 4.42. The highest BCUT2D eigenvalue weighted by Gasteiger charge is 2.02. The first-order chi connectivity index (χ1) is 9.88. The van der Waals surface area contributed by atoms with Crippen molar-refractivity contribution in [3.05, 3.63) is 73.0 Å². The number of ether oxygens (including phenoxy) is 1. The summed E-state index contributed by atoms with van der Waals surface area (Å²) >= 11 is 0. The van der Waals surface area contributed by atoms with Crippen LogP contribution in [-0.4, -0.2) is 0 Å². The van der Waals surface area contributed by atoms with Crippen LogP contribution in [0.1, 0.15) is 0 Å². The van der Waals surface area contributed by atoms with E-state index < -0.39 is 0 Å². The van der Waals surface area contributed by atoms with Crippen LogP contribution in [0.15, 0.2) is 77.4 Å². The Morgan fingerprint density at radius 1 is 0.650 bits per heavy atom. The zero-order valence-corrected chi connectivity index (χ0v) is 10.7. The van der Waals surface area contributed by atoms with E-state index in [2.05, 4.69) is 42.5 Å². The SMILES string of the molecule is c1coc(Oc2ccc3cc4ccccc4cc3c2)c1. The van der Waals surface area contributed by atoms with Gasteiger partial charge in [-0.05, 0) is 51.9 Å². The summed E-state index contributed by atoms with van der Waals surface area (Å²) in [4.78, 5) is 0.